The van der Waals surface area contributed by atoms with Crippen LogP contribution in [0.4, 0.5) is 0 Å². The van der Waals surface area contributed by atoms with Gasteiger partial charge in [0.05, 0.1) is 11.3 Å². The van der Waals surface area contributed by atoms with Crippen LogP contribution in [0.2, 0.25) is 0 Å². The lowest BCUT2D eigenvalue weighted by atomic mass is 10.5. The molecule has 1 N–H and O–H groups in total. The fourth-order valence-corrected chi connectivity index (χ4v) is 4.20. The zero-order valence-corrected chi connectivity index (χ0v) is 14.3. The number of hydrogen-bond donors (Lipinski definition) is 1. The molecule has 0 amide bonds. The van der Waals surface area contributed by atoms with Crippen LogP contribution in [0.25, 0.3) is 10.2 Å². The Morgan fingerprint density at radius 2 is 2.19 bits per heavy atom. The zero-order valence-electron chi connectivity index (χ0n) is 11.8. The lowest BCUT2D eigenvalue weighted by Gasteiger charge is -2.10. The minimum atomic E-state index is -3.17. The van der Waals surface area contributed by atoms with Crippen LogP contribution in [0.1, 0.15) is 13.8 Å². The van der Waals surface area contributed by atoms with E-state index in [0.717, 1.165) is 0 Å². The van der Waals surface area contributed by atoms with Crippen LogP contribution in [0.15, 0.2) is 21.4 Å². The number of aromatic nitrogens is 2. The van der Waals surface area contributed by atoms with Crippen LogP contribution in [0.3, 0.4) is 0 Å². The number of sulfonamides is 1. The Morgan fingerprint density at radius 1 is 1.43 bits per heavy atom. The number of rotatable bonds is 7. The summed E-state index contributed by atoms with van der Waals surface area (Å²) in [4.78, 5) is 16.8. The van der Waals surface area contributed by atoms with E-state index in [-0.39, 0.29) is 11.3 Å². The van der Waals surface area contributed by atoms with E-state index < -0.39 is 10.0 Å². The molecule has 0 unspecified atom stereocenters. The smallest absolute Gasteiger partial charge is 0.272 e. The first-order valence-corrected chi connectivity index (χ1v) is 10.1. The standard InChI is InChI=1S/C12H17N3O3S3/c1-3-15-11(16)10-9(5-7-19-10)14-12(15)20-8-6-13-21(17,18)4-2/h5,7,13H,3-4,6,8H2,1-2H3. The molecule has 0 atom stereocenters. The second-order valence-electron chi connectivity index (χ2n) is 4.22. The van der Waals surface area contributed by atoms with Crippen LogP contribution in [-0.4, -0.2) is 36.0 Å². The highest BCUT2D eigenvalue weighted by molar-refractivity contribution is 7.99. The molecule has 116 valence electrons. The van der Waals surface area contributed by atoms with E-state index in [4.69, 9.17) is 0 Å². The summed E-state index contributed by atoms with van der Waals surface area (Å²) in [5, 5.41) is 2.48. The van der Waals surface area contributed by atoms with Gasteiger partial charge in [0.2, 0.25) is 10.0 Å². The molecular weight excluding hydrogens is 330 g/mol. The van der Waals surface area contributed by atoms with Gasteiger partial charge in [-0.05, 0) is 25.3 Å². The van der Waals surface area contributed by atoms with Crippen LogP contribution in [0, 0.1) is 0 Å². The first-order chi connectivity index (χ1) is 9.98. The van der Waals surface area contributed by atoms with E-state index in [1.807, 2.05) is 18.4 Å². The number of hydrogen-bond acceptors (Lipinski definition) is 6. The molecule has 0 radical (unpaired) electrons. The van der Waals surface area contributed by atoms with Crippen molar-refractivity contribution in [3.05, 3.63) is 21.8 Å². The van der Waals surface area contributed by atoms with E-state index in [1.165, 1.54) is 23.1 Å². The molecule has 2 aromatic heterocycles. The van der Waals surface area contributed by atoms with Gasteiger partial charge in [-0.2, -0.15) is 0 Å². The average Bonchev–Trinajstić information content (AvgIpc) is 2.92. The summed E-state index contributed by atoms with van der Waals surface area (Å²) in [7, 11) is -3.17. The van der Waals surface area contributed by atoms with Crippen molar-refractivity contribution in [3.63, 3.8) is 0 Å². The highest BCUT2D eigenvalue weighted by Crippen LogP contribution is 2.20. The van der Waals surface area contributed by atoms with Crippen molar-refractivity contribution in [2.45, 2.75) is 25.5 Å². The molecule has 2 aromatic rings. The molecule has 0 spiro atoms. The maximum absolute atomic E-state index is 12.3. The fraction of sp³-hybridized carbons (Fsp3) is 0.500. The number of fused-ring (bicyclic) bond motifs is 1. The molecular formula is C12H17N3O3S3. The number of nitrogens with one attached hydrogen (secondary N) is 1. The highest BCUT2D eigenvalue weighted by Gasteiger charge is 2.12. The third kappa shape index (κ3) is 3.85. The van der Waals surface area contributed by atoms with E-state index in [1.54, 1.807) is 11.5 Å². The van der Waals surface area contributed by atoms with E-state index in [2.05, 4.69) is 9.71 Å². The lowest BCUT2D eigenvalue weighted by Crippen LogP contribution is -2.28. The third-order valence-electron chi connectivity index (χ3n) is 2.88. The molecule has 0 aliphatic rings. The van der Waals surface area contributed by atoms with Crippen LogP contribution in [-0.2, 0) is 16.6 Å². The molecule has 0 fully saturated rings. The molecule has 21 heavy (non-hydrogen) atoms. The largest absolute Gasteiger partial charge is 0.287 e. The topological polar surface area (TPSA) is 81.1 Å². The van der Waals surface area contributed by atoms with Gasteiger partial charge in [0.1, 0.15) is 4.70 Å². The summed E-state index contributed by atoms with van der Waals surface area (Å²) in [6.07, 6.45) is 0. The summed E-state index contributed by atoms with van der Waals surface area (Å²) in [5.74, 6) is 0.595. The maximum atomic E-state index is 12.3. The number of thioether (sulfide) groups is 1. The Bertz CT molecular complexity index is 780. The predicted molar refractivity (Wildman–Crippen MR) is 87.7 cm³/mol. The van der Waals surface area contributed by atoms with Crippen LogP contribution in [0.5, 0.6) is 0 Å². The Morgan fingerprint density at radius 3 is 2.86 bits per heavy atom. The quantitative estimate of drug-likeness (QED) is 0.466. The molecule has 0 bridgehead atoms. The van der Waals surface area contributed by atoms with Gasteiger partial charge in [-0.3, -0.25) is 9.36 Å². The van der Waals surface area contributed by atoms with E-state index >= 15 is 0 Å². The van der Waals surface area contributed by atoms with Crippen molar-refractivity contribution in [2.75, 3.05) is 18.1 Å². The maximum Gasteiger partial charge on any atom is 0.272 e. The Kier molecular flexibility index (Phi) is 5.42. The van der Waals surface area contributed by atoms with E-state index in [0.29, 0.717) is 34.2 Å². The first-order valence-electron chi connectivity index (χ1n) is 6.56. The fourth-order valence-electron chi connectivity index (χ4n) is 1.75. The molecule has 0 saturated heterocycles. The third-order valence-corrected chi connectivity index (χ3v) is 6.16. The minimum Gasteiger partial charge on any atom is -0.287 e. The molecule has 2 rings (SSSR count). The SMILES string of the molecule is CCn1c(SCCNS(=O)(=O)CC)nc2ccsc2c1=O. The predicted octanol–water partition coefficient (Wildman–Crippen LogP) is 1.51. The van der Waals surface area contributed by atoms with Crippen molar-refractivity contribution in [1.82, 2.24) is 14.3 Å². The van der Waals surface area contributed by atoms with Crippen molar-refractivity contribution >= 4 is 43.3 Å². The van der Waals surface area contributed by atoms with Crippen molar-refractivity contribution in [1.29, 1.82) is 0 Å². The summed E-state index contributed by atoms with van der Waals surface area (Å²) in [6.45, 7) is 4.35. The second-order valence-corrected chi connectivity index (χ2v) is 8.30. The Labute approximate surface area is 131 Å². The number of thiophene rings is 1. The normalized spacial score (nSPS) is 12.1. The van der Waals surface area contributed by atoms with Crippen LogP contribution >= 0.6 is 23.1 Å². The van der Waals surface area contributed by atoms with Gasteiger partial charge in [0.25, 0.3) is 5.56 Å². The van der Waals surface area contributed by atoms with Gasteiger partial charge in [0.15, 0.2) is 5.16 Å². The molecule has 0 aliphatic carbocycles. The first kappa shape index (κ1) is 16.5. The van der Waals surface area contributed by atoms with Gasteiger partial charge < -0.3 is 0 Å². The van der Waals surface area contributed by atoms with Crippen molar-refractivity contribution < 1.29 is 8.42 Å². The van der Waals surface area contributed by atoms with Gasteiger partial charge in [-0.25, -0.2) is 18.1 Å². The van der Waals surface area contributed by atoms with Crippen molar-refractivity contribution in [2.24, 2.45) is 0 Å². The molecule has 0 aliphatic heterocycles. The minimum absolute atomic E-state index is 0.0332. The van der Waals surface area contributed by atoms with E-state index in [9.17, 15) is 13.2 Å². The van der Waals surface area contributed by atoms with Gasteiger partial charge in [0, 0.05) is 18.8 Å². The average molecular weight is 347 g/mol. The van der Waals surface area contributed by atoms with Gasteiger partial charge in [-0.15, -0.1) is 11.3 Å². The Balaban J connectivity index is 2.13. The number of nitrogens with zero attached hydrogens (tertiary/aromatic N) is 2. The van der Waals surface area contributed by atoms with Gasteiger partial charge in [-0.1, -0.05) is 11.8 Å². The molecule has 0 saturated carbocycles. The molecule has 9 heteroatoms. The lowest BCUT2D eigenvalue weighted by molar-refractivity contribution is 0.585. The summed E-state index contributed by atoms with van der Waals surface area (Å²) in [5.41, 5.74) is 0.667. The highest BCUT2D eigenvalue weighted by atomic mass is 32.2. The summed E-state index contributed by atoms with van der Waals surface area (Å²) in [6, 6.07) is 1.82. The molecule has 6 nitrogen and oxygen atoms in total. The van der Waals surface area contributed by atoms with Crippen LogP contribution < -0.4 is 10.3 Å². The van der Waals surface area contributed by atoms with Gasteiger partial charge >= 0.3 is 0 Å². The monoisotopic (exact) mass is 347 g/mol. The summed E-state index contributed by atoms with van der Waals surface area (Å²) >= 11 is 2.77. The zero-order chi connectivity index (χ0) is 15.5. The second kappa shape index (κ2) is 6.91. The van der Waals surface area contributed by atoms with Crippen molar-refractivity contribution in [3.8, 4) is 0 Å². The molecule has 2 heterocycles. The molecule has 0 aromatic carbocycles. The Hall–Kier alpha value is -0.900. The summed E-state index contributed by atoms with van der Waals surface area (Å²) < 4.78 is 27.5.